The van der Waals surface area contributed by atoms with E-state index in [0.717, 1.165) is 23.9 Å². The van der Waals surface area contributed by atoms with Gasteiger partial charge in [0.05, 0.1) is 30.0 Å². The van der Waals surface area contributed by atoms with Crippen molar-refractivity contribution in [1.29, 1.82) is 0 Å². The van der Waals surface area contributed by atoms with E-state index in [4.69, 9.17) is 4.74 Å². The number of H-pyrrole nitrogens is 1. The van der Waals surface area contributed by atoms with Crippen LogP contribution in [0, 0.1) is 0 Å². The third-order valence-electron chi connectivity index (χ3n) is 4.15. The average molecular weight is 316 g/mol. The molecule has 0 saturated carbocycles. The zero-order valence-electron chi connectivity index (χ0n) is 13.0. The highest BCUT2D eigenvalue weighted by Gasteiger charge is 2.23. The van der Waals surface area contributed by atoms with Crippen LogP contribution in [0.25, 0.3) is 11.0 Å². The van der Waals surface area contributed by atoms with Crippen molar-refractivity contribution in [2.75, 3.05) is 26.7 Å². The third kappa shape index (κ3) is 3.50. The first-order valence-electron chi connectivity index (χ1n) is 7.69. The number of hydrogen-bond acceptors (Lipinski definition) is 4. The highest BCUT2D eigenvalue weighted by molar-refractivity contribution is 5.98. The zero-order valence-corrected chi connectivity index (χ0v) is 13.0. The molecule has 1 aromatic carbocycles. The van der Waals surface area contributed by atoms with Crippen molar-refractivity contribution < 1.29 is 14.3 Å². The van der Waals surface area contributed by atoms with Crippen LogP contribution in [0.15, 0.2) is 24.5 Å². The van der Waals surface area contributed by atoms with Crippen molar-refractivity contribution in [3.8, 4) is 0 Å². The first kappa shape index (κ1) is 15.5. The molecule has 1 aromatic heterocycles. The number of methoxy groups -OCH3 is 1. The number of aromatic nitrogens is 2. The summed E-state index contributed by atoms with van der Waals surface area (Å²) in [5.74, 6) is -0.349. The molecule has 2 N–H and O–H groups in total. The Hall–Kier alpha value is -2.41. The summed E-state index contributed by atoms with van der Waals surface area (Å²) >= 11 is 0. The number of carbonyl (C=O) groups excluding carboxylic acids is 2. The van der Waals surface area contributed by atoms with E-state index in [9.17, 15) is 9.59 Å². The van der Waals surface area contributed by atoms with Gasteiger partial charge in [-0.3, -0.25) is 9.59 Å². The molecule has 1 saturated heterocycles. The number of benzene rings is 1. The molecule has 1 aliphatic rings. The van der Waals surface area contributed by atoms with Crippen LogP contribution in [-0.4, -0.2) is 59.5 Å². The summed E-state index contributed by atoms with van der Waals surface area (Å²) in [5, 5.41) is 2.68. The lowest BCUT2D eigenvalue weighted by molar-refractivity contribution is -0.133. The van der Waals surface area contributed by atoms with E-state index < -0.39 is 0 Å². The van der Waals surface area contributed by atoms with E-state index in [0.29, 0.717) is 18.7 Å². The number of nitrogens with zero attached hydrogens (tertiary/aromatic N) is 2. The Morgan fingerprint density at radius 1 is 1.48 bits per heavy atom. The van der Waals surface area contributed by atoms with Gasteiger partial charge in [-0.05, 0) is 31.0 Å². The molecule has 23 heavy (non-hydrogen) atoms. The largest absolute Gasteiger partial charge is 0.380 e. The number of ether oxygens (including phenoxy) is 1. The van der Waals surface area contributed by atoms with Gasteiger partial charge in [-0.1, -0.05) is 0 Å². The summed E-state index contributed by atoms with van der Waals surface area (Å²) in [6, 6.07) is 5.20. The van der Waals surface area contributed by atoms with Crippen LogP contribution in [0.5, 0.6) is 0 Å². The van der Waals surface area contributed by atoms with Crippen molar-refractivity contribution in [3.63, 3.8) is 0 Å². The van der Waals surface area contributed by atoms with Gasteiger partial charge in [0, 0.05) is 25.8 Å². The molecular formula is C16H20N4O3. The highest BCUT2D eigenvalue weighted by atomic mass is 16.5. The van der Waals surface area contributed by atoms with Gasteiger partial charge in [0.2, 0.25) is 5.91 Å². The molecule has 0 bridgehead atoms. The minimum Gasteiger partial charge on any atom is -0.380 e. The molecular weight excluding hydrogens is 296 g/mol. The van der Waals surface area contributed by atoms with Gasteiger partial charge < -0.3 is 19.9 Å². The van der Waals surface area contributed by atoms with Crippen LogP contribution in [0.3, 0.4) is 0 Å². The van der Waals surface area contributed by atoms with Crippen LogP contribution >= 0.6 is 0 Å². The van der Waals surface area contributed by atoms with Crippen molar-refractivity contribution in [1.82, 2.24) is 20.2 Å². The van der Waals surface area contributed by atoms with E-state index in [1.807, 2.05) is 0 Å². The second-order valence-electron chi connectivity index (χ2n) is 5.66. The maximum Gasteiger partial charge on any atom is 0.251 e. The molecule has 122 valence electrons. The Morgan fingerprint density at radius 2 is 2.35 bits per heavy atom. The molecule has 7 nitrogen and oxygen atoms in total. The summed E-state index contributed by atoms with van der Waals surface area (Å²) in [7, 11) is 1.66. The summed E-state index contributed by atoms with van der Waals surface area (Å²) in [4.78, 5) is 33.2. The van der Waals surface area contributed by atoms with Gasteiger partial charge in [0.25, 0.3) is 5.91 Å². The van der Waals surface area contributed by atoms with E-state index in [1.54, 1.807) is 36.5 Å². The number of piperidine rings is 1. The Kier molecular flexibility index (Phi) is 4.57. The molecule has 1 aliphatic heterocycles. The second-order valence-corrected chi connectivity index (χ2v) is 5.66. The molecule has 0 aliphatic carbocycles. The predicted octanol–water partition coefficient (Wildman–Crippen LogP) is 0.930. The van der Waals surface area contributed by atoms with Crippen LogP contribution in [0.4, 0.5) is 0 Å². The number of hydrogen-bond donors (Lipinski definition) is 2. The van der Waals surface area contributed by atoms with Crippen LogP contribution in [0.1, 0.15) is 23.2 Å². The van der Waals surface area contributed by atoms with Gasteiger partial charge >= 0.3 is 0 Å². The standard InChI is InChI=1S/C16H20N4O3/c1-23-12-3-2-6-20(9-12)15(21)8-17-16(22)11-4-5-13-14(7-11)19-10-18-13/h4-5,7,10,12H,2-3,6,8-9H2,1H3,(H,17,22)(H,18,19)/t12-/m0/s1. The van der Waals surface area contributed by atoms with Gasteiger partial charge in [-0.2, -0.15) is 0 Å². The molecule has 3 rings (SSSR count). The van der Waals surface area contributed by atoms with Gasteiger partial charge in [0.1, 0.15) is 0 Å². The molecule has 2 aromatic rings. The number of carbonyl (C=O) groups is 2. The lowest BCUT2D eigenvalue weighted by Gasteiger charge is -2.32. The zero-order chi connectivity index (χ0) is 16.2. The van der Waals surface area contributed by atoms with Crippen molar-refractivity contribution in [2.45, 2.75) is 18.9 Å². The quantitative estimate of drug-likeness (QED) is 0.878. The molecule has 1 atom stereocenters. The van der Waals surface area contributed by atoms with Crippen molar-refractivity contribution in [2.24, 2.45) is 0 Å². The summed E-state index contributed by atoms with van der Waals surface area (Å²) in [5.41, 5.74) is 2.10. The number of rotatable bonds is 4. The minimum atomic E-state index is -0.268. The average Bonchev–Trinajstić information content (AvgIpc) is 3.07. The molecule has 1 fully saturated rings. The molecule has 0 spiro atoms. The Balaban J connectivity index is 1.56. The third-order valence-corrected chi connectivity index (χ3v) is 4.15. The summed E-state index contributed by atoms with van der Waals surface area (Å²) in [6.45, 7) is 1.30. The van der Waals surface area contributed by atoms with Crippen LogP contribution < -0.4 is 5.32 Å². The van der Waals surface area contributed by atoms with Gasteiger partial charge in [-0.25, -0.2) is 4.98 Å². The smallest absolute Gasteiger partial charge is 0.251 e. The predicted molar refractivity (Wildman–Crippen MR) is 85.0 cm³/mol. The van der Waals surface area contributed by atoms with Gasteiger partial charge in [-0.15, -0.1) is 0 Å². The topological polar surface area (TPSA) is 87.3 Å². The number of amides is 2. The van der Waals surface area contributed by atoms with E-state index >= 15 is 0 Å². The lowest BCUT2D eigenvalue weighted by atomic mass is 10.1. The number of fused-ring (bicyclic) bond motifs is 1. The number of nitrogens with one attached hydrogen (secondary N) is 2. The second kappa shape index (κ2) is 6.78. The number of likely N-dealkylation sites (tertiary alicyclic amines) is 1. The number of aromatic amines is 1. The Labute approximate surface area is 134 Å². The fraction of sp³-hybridized carbons (Fsp3) is 0.438. The molecule has 2 amide bonds. The number of imidazole rings is 1. The monoisotopic (exact) mass is 316 g/mol. The normalized spacial score (nSPS) is 18.1. The first-order valence-corrected chi connectivity index (χ1v) is 7.69. The van der Waals surface area contributed by atoms with Crippen molar-refractivity contribution in [3.05, 3.63) is 30.1 Å². The van der Waals surface area contributed by atoms with E-state index in [1.165, 1.54) is 0 Å². The van der Waals surface area contributed by atoms with Crippen LogP contribution in [0.2, 0.25) is 0 Å². The minimum absolute atomic E-state index is 0.00369. The fourth-order valence-corrected chi connectivity index (χ4v) is 2.80. The van der Waals surface area contributed by atoms with E-state index in [-0.39, 0.29) is 24.5 Å². The maximum atomic E-state index is 12.2. The summed E-state index contributed by atoms with van der Waals surface area (Å²) in [6.07, 6.45) is 3.57. The Morgan fingerprint density at radius 3 is 3.17 bits per heavy atom. The van der Waals surface area contributed by atoms with E-state index in [2.05, 4.69) is 15.3 Å². The maximum absolute atomic E-state index is 12.2. The Bertz CT molecular complexity index is 712. The molecule has 0 radical (unpaired) electrons. The molecule has 0 unspecified atom stereocenters. The molecule has 2 heterocycles. The van der Waals surface area contributed by atoms with Crippen LogP contribution in [-0.2, 0) is 9.53 Å². The van der Waals surface area contributed by atoms with Gasteiger partial charge in [0.15, 0.2) is 0 Å². The highest BCUT2D eigenvalue weighted by Crippen LogP contribution is 2.13. The van der Waals surface area contributed by atoms with Crippen molar-refractivity contribution >= 4 is 22.8 Å². The first-order chi connectivity index (χ1) is 11.2. The lowest BCUT2D eigenvalue weighted by Crippen LogP contribution is -2.47. The molecule has 7 heteroatoms. The summed E-state index contributed by atoms with van der Waals surface area (Å²) < 4.78 is 5.31. The SMILES string of the molecule is CO[C@H]1CCCN(C(=O)CNC(=O)c2ccc3nc[nH]c3c2)C1. The fourth-order valence-electron chi connectivity index (χ4n) is 2.80.